The Labute approximate surface area is 114 Å². The fraction of sp³-hybridized carbons (Fsp3) is 0.231. The molecule has 0 fully saturated rings. The number of Topliss-reactive ketones (excluding diaryl/α,β-unsaturated/α-hetero) is 1. The van der Waals surface area contributed by atoms with E-state index >= 15 is 0 Å². The quantitative estimate of drug-likeness (QED) is 0.920. The molecular weight excluding hydrogens is 262 g/mol. The first-order valence-corrected chi connectivity index (χ1v) is 6.60. The van der Waals surface area contributed by atoms with Crippen molar-refractivity contribution < 1.29 is 9.59 Å². The van der Waals surface area contributed by atoms with Crippen LogP contribution < -0.4 is 0 Å². The molecule has 0 saturated carbocycles. The van der Waals surface area contributed by atoms with E-state index < -0.39 is 5.92 Å². The van der Waals surface area contributed by atoms with Crippen molar-refractivity contribution in [2.75, 3.05) is 5.75 Å². The molecule has 96 valence electrons. The lowest BCUT2D eigenvalue weighted by atomic mass is 10.1. The third-order valence-electron chi connectivity index (χ3n) is 2.55. The van der Waals surface area contributed by atoms with E-state index in [-0.39, 0.29) is 16.7 Å². The summed E-state index contributed by atoms with van der Waals surface area (Å²) >= 11 is 0.903. The molecule has 0 aliphatic heterocycles. The van der Waals surface area contributed by atoms with Gasteiger partial charge in [0, 0.05) is 6.92 Å². The number of nitrogens with one attached hydrogen (secondary N) is 1. The average Bonchev–Trinajstić information content (AvgIpc) is 2.80. The van der Waals surface area contributed by atoms with Crippen LogP contribution in [0.3, 0.4) is 0 Å². The largest absolute Gasteiger partial charge is 0.340 e. The summed E-state index contributed by atoms with van der Waals surface area (Å²) in [5.41, 5.74) is 1.49. The number of nitrogens with zero attached hydrogens (tertiary/aromatic N) is 2. The highest BCUT2D eigenvalue weighted by atomic mass is 32.2. The number of hydrogen-bond donors (Lipinski definition) is 1. The first-order chi connectivity index (χ1) is 9.11. The van der Waals surface area contributed by atoms with Gasteiger partial charge in [-0.25, -0.2) is 4.98 Å². The molecule has 0 amide bonds. The van der Waals surface area contributed by atoms with Gasteiger partial charge in [0.15, 0.2) is 16.8 Å². The molecular formula is C13H11N3O2S. The van der Waals surface area contributed by atoms with Crippen molar-refractivity contribution in [2.24, 2.45) is 0 Å². The van der Waals surface area contributed by atoms with Gasteiger partial charge in [-0.15, -0.1) is 0 Å². The average molecular weight is 273 g/mol. The highest BCUT2D eigenvalue weighted by Crippen LogP contribution is 2.19. The van der Waals surface area contributed by atoms with E-state index in [4.69, 9.17) is 5.26 Å². The monoisotopic (exact) mass is 273 g/mol. The maximum absolute atomic E-state index is 11.9. The minimum Gasteiger partial charge on any atom is -0.340 e. The minimum atomic E-state index is -0.959. The fourth-order valence-electron chi connectivity index (χ4n) is 1.65. The molecule has 0 aliphatic carbocycles. The van der Waals surface area contributed by atoms with Gasteiger partial charge >= 0.3 is 0 Å². The van der Waals surface area contributed by atoms with E-state index in [1.165, 1.54) is 6.92 Å². The molecule has 0 bridgehead atoms. The molecule has 1 heterocycles. The number of aromatic amines is 1. The summed E-state index contributed by atoms with van der Waals surface area (Å²) in [6.45, 7) is 1.39. The van der Waals surface area contributed by atoms with Crippen LogP contribution in [0.1, 0.15) is 18.7 Å². The second-order valence-corrected chi connectivity index (χ2v) is 5.10. The number of H-pyrrole nitrogens is 1. The Morgan fingerprint density at radius 2 is 2.21 bits per heavy atom. The third kappa shape index (κ3) is 3.01. The van der Waals surface area contributed by atoms with Gasteiger partial charge in [0.1, 0.15) is 5.82 Å². The summed E-state index contributed by atoms with van der Waals surface area (Å²) in [4.78, 5) is 29.9. The first-order valence-electron chi connectivity index (χ1n) is 5.62. The Kier molecular flexibility index (Phi) is 3.97. The van der Waals surface area contributed by atoms with Crippen LogP contribution in [0.25, 0.3) is 11.0 Å². The smallest absolute Gasteiger partial charge is 0.186 e. The summed E-state index contributed by atoms with van der Waals surface area (Å²) in [5, 5.41) is 8.97. The van der Waals surface area contributed by atoms with Crippen LogP contribution in [0.5, 0.6) is 0 Å². The van der Waals surface area contributed by atoms with E-state index in [1.54, 1.807) is 6.07 Å². The second kappa shape index (κ2) is 5.67. The van der Waals surface area contributed by atoms with E-state index in [1.807, 2.05) is 24.3 Å². The first kappa shape index (κ1) is 13.3. The molecule has 5 nitrogen and oxygen atoms in total. The number of ketones is 1. The number of hydrogen-bond acceptors (Lipinski definition) is 5. The van der Waals surface area contributed by atoms with Crippen molar-refractivity contribution in [3.8, 4) is 6.07 Å². The molecule has 1 atom stereocenters. The number of imidazole rings is 1. The molecule has 6 heteroatoms. The molecule has 0 saturated heterocycles. The van der Waals surface area contributed by atoms with Crippen molar-refractivity contribution in [3.05, 3.63) is 30.1 Å². The molecule has 0 radical (unpaired) electrons. The van der Waals surface area contributed by atoms with Crippen molar-refractivity contribution in [2.45, 2.75) is 12.8 Å². The molecule has 2 rings (SSSR count). The number of fused-ring (bicyclic) bond motifs is 1. The number of rotatable bonds is 4. The number of carbonyl (C=O) groups is 2. The molecule has 0 aliphatic rings. The van der Waals surface area contributed by atoms with E-state index in [0.29, 0.717) is 11.3 Å². The number of aromatic nitrogens is 2. The van der Waals surface area contributed by atoms with Crippen molar-refractivity contribution >= 4 is 33.7 Å². The summed E-state index contributed by atoms with van der Waals surface area (Å²) < 4.78 is 0. The molecule has 1 N–H and O–H groups in total. The maximum atomic E-state index is 11.9. The number of benzene rings is 1. The molecule has 0 spiro atoms. The van der Waals surface area contributed by atoms with Crippen LogP contribution in [0.4, 0.5) is 0 Å². The van der Waals surface area contributed by atoms with E-state index in [9.17, 15) is 9.59 Å². The van der Waals surface area contributed by atoms with Crippen LogP contribution in [0.2, 0.25) is 0 Å². The van der Waals surface area contributed by atoms with Crippen LogP contribution in [0.15, 0.2) is 24.3 Å². The standard InChI is InChI=1S/C13H11N3O2S/c1-8(17)19-7-12(18)9(6-14)13-15-10-4-2-3-5-11(10)16-13/h2-5,9H,7H2,1H3,(H,15,16)/t9-/m0/s1. The van der Waals surface area contributed by atoms with Gasteiger partial charge in [0.2, 0.25) is 0 Å². The van der Waals surface area contributed by atoms with Gasteiger partial charge in [-0.05, 0) is 12.1 Å². The van der Waals surface area contributed by atoms with Crippen LogP contribution >= 0.6 is 11.8 Å². The number of carbonyl (C=O) groups excluding carboxylic acids is 2. The maximum Gasteiger partial charge on any atom is 0.186 e. The summed E-state index contributed by atoms with van der Waals surface area (Å²) in [6.07, 6.45) is 0. The van der Waals surface area contributed by atoms with Gasteiger partial charge in [-0.3, -0.25) is 9.59 Å². The van der Waals surface area contributed by atoms with Gasteiger partial charge in [-0.2, -0.15) is 5.26 Å². The fourth-order valence-corrected chi connectivity index (χ4v) is 2.16. The highest BCUT2D eigenvalue weighted by Gasteiger charge is 2.23. The zero-order valence-electron chi connectivity index (χ0n) is 10.2. The van der Waals surface area contributed by atoms with Crippen molar-refractivity contribution in [1.29, 1.82) is 5.26 Å². The molecule has 1 aromatic heterocycles. The lowest BCUT2D eigenvalue weighted by Crippen LogP contribution is -2.15. The van der Waals surface area contributed by atoms with Gasteiger partial charge in [0.05, 0.1) is 22.9 Å². The van der Waals surface area contributed by atoms with Crippen molar-refractivity contribution in [3.63, 3.8) is 0 Å². The summed E-state index contributed by atoms with van der Waals surface area (Å²) in [6, 6.07) is 9.25. The van der Waals surface area contributed by atoms with Crippen LogP contribution in [-0.4, -0.2) is 26.6 Å². The Balaban J connectivity index is 2.24. The zero-order valence-corrected chi connectivity index (χ0v) is 11.0. The normalized spacial score (nSPS) is 12.0. The Morgan fingerprint density at radius 3 is 2.84 bits per heavy atom. The topological polar surface area (TPSA) is 86.6 Å². The Morgan fingerprint density at radius 1 is 1.47 bits per heavy atom. The lowest BCUT2D eigenvalue weighted by Gasteiger charge is -2.03. The molecule has 1 aromatic carbocycles. The van der Waals surface area contributed by atoms with E-state index in [2.05, 4.69) is 9.97 Å². The lowest BCUT2D eigenvalue weighted by molar-refractivity contribution is -0.117. The van der Waals surface area contributed by atoms with Crippen LogP contribution in [-0.2, 0) is 9.59 Å². The van der Waals surface area contributed by atoms with Crippen molar-refractivity contribution in [1.82, 2.24) is 9.97 Å². The third-order valence-corrected chi connectivity index (χ3v) is 3.39. The predicted octanol–water partition coefficient (Wildman–Crippen LogP) is 2.02. The van der Waals surface area contributed by atoms with Gasteiger partial charge in [-0.1, -0.05) is 23.9 Å². The Hall–Kier alpha value is -2.13. The molecule has 19 heavy (non-hydrogen) atoms. The van der Waals surface area contributed by atoms with Gasteiger partial charge < -0.3 is 4.98 Å². The minimum absolute atomic E-state index is 0.00932. The van der Waals surface area contributed by atoms with Crippen LogP contribution in [0, 0.1) is 11.3 Å². The predicted molar refractivity (Wildman–Crippen MR) is 72.6 cm³/mol. The summed E-state index contributed by atoms with van der Waals surface area (Å²) in [5.74, 6) is -0.955. The Bertz CT molecular complexity index is 639. The SMILES string of the molecule is CC(=O)SCC(=O)[C@H](C#N)c1nc2ccccc2[nH]1. The molecule has 2 aromatic rings. The summed E-state index contributed by atoms with van der Waals surface area (Å²) in [7, 11) is 0. The molecule has 0 unspecified atom stereocenters. The number of para-hydroxylation sites is 2. The van der Waals surface area contributed by atoms with E-state index in [0.717, 1.165) is 17.3 Å². The second-order valence-electron chi connectivity index (χ2n) is 3.95. The highest BCUT2D eigenvalue weighted by molar-refractivity contribution is 8.14. The van der Waals surface area contributed by atoms with Gasteiger partial charge in [0.25, 0.3) is 0 Å². The zero-order chi connectivity index (χ0) is 13.8. The number of nitriles is 1. The number of thioether (sulfide) groups is 1.